The van der Waals surface area contributed by atoms with Crippen LogP contribution >= 0.6 is 0 Å². The molecule has 3 aromatic rings. The summed E-state index contributed by atoms with van der Waals surface area (Å²) >= 11 is 0. The second-order valence-electron chi connectivity index (χ2n) is 10.9. The molecule has 0 spiro atoms. The summed E-state index contributed by atoms with van der Waals surface area (Å²) in [5.41, 5.74) is 13.6. The number of hydrogen-bond acceptors (Lipinski definition) is 5. The zero-order valence-electron chi connectivity index (χ0n) is 23.9. The van der Waals surface area contributed by atoms with Crippen molar-refractivity contribution in [3.63, 3.8) is 0 Å². The van der Waals surface area contributed by atoms with Gasteiger partial charge < -0.3 is 26.6 Å². The standard InChI is InChI=1S/C32H41N5O3/c1-32(2,34)18-9-14-30(39)37(4)28(21-23-15-16-24-10-5-6-12-26(24)20-23)31(40)36(3)19-17-25-11-7-8-13-27(25)35-29(38)22-33/h5-16,20,28H,17-19,21-22,33-34H2,1-4H3,(H,35,38). The third kappa shape index (κ3) is 8.76. The number of nitrogens with two attached hydrogens (primary N) is 2. The van der Waals surface area contributed by atoms with Crippen LogP contribution in [0.1, 0.15) is 31.4 Å². The zero-order valence-corrected chi connectivity index (χ0v) is 23.9. The molecule has 40 heavy (non-hydrogen) atoms. The minimum atomic E-state index is -0.707. The quantitative estimate of drug-likeness (QED) is 0.302. The first-order chi connectivity index (χ1) is 19.0. The number of para-hydroxylation sites is 1. The van der Waals surface area contributed by atoms with Gasteiger partial charge in [0.05, 0.1) is 6.54 Å². The van der Waals surface area contributed by atoms with E-state index in [9.17, 15) is 14.4 Å². The van der Waals surface area contributed by atoms with Crippen molar-refractivity contribution in [2.45, 2.75) is 44.7 Å². The fourth-order valence-electron chi connectivity index (χ4n) is 4.43. The highest BCUT2D eigenvalue weighted by Gasteiger charge is 2.29. The Kier molecular flexibility index (Phi) is 10.6. The van der Waals surface area contributed by atoms with Crippen molar-refractivity contribution in [1.29, 1.82) is 0 Å². The van der Waals surface area contributed by atoms with Crippen LogP contribution in [0.2, 0.25) is 0 Å². The Morgan fingerprint density at radius 1 is 0.975 bits per heavy atom. The molecule has 1 atom stereocenters. The van der Waals surface area contributed by atoms with Crippen LogP contribution in [0.4, 0.5) is 5.69 Å². The number of fused-ring (bicyclic) bond motifs is 1. The molecule has 8 heteroatoms. The largest absolute Gasteiger partial charge is 0.344 e. The van der Waals surface area contributed by atoms with Crippen LogP contribution in [-0.2, 0) is 27.2 Å². The van der Waals surface area contributed by atoms with Gasteiger partial charge in [0.1, 0.15) is 6.04 Å². The highest BCUT2D eigenvalue weighted by Crippen LogP contribution is 2.20. The average molecular weight is 544 g/mol. The van der Waals surface area contributed by atoms with Crippen LogP contribution in [0.25, 0.3) is 10.8 Å². The normalized spacial score (nSPS) is 12.3. The third-order valence-corrected chi connectivity index (χ3v) is 6.82. The maximum atomic E-state index is 13.8. The molecule has 5 N–H and O–H groups in total. The molecule has 1 unspecified atom stereocenters. The lowest BCUT2D eigenvalue weighted by molar-refractivity contribution is -0.141. The average Bonchev–Trinajstić information content (AvgIpc) is 2.93. The molecule has 0 radical (unpaired) electrons. The van der Waals surface area contributed by atoms with Crippen LogP contribution in [0.15, 0.2) is 78.9 Å². The van der Waals surface area contributed by atoms with Gasteiger partial charge in [-0.15, -0.1) is 0 Å². The molecule has 3 rings (SSSR count). The summed E-state index contributed by atoms with van der Waals surface area (Å²) in [5, 5.41) is 5.00. The molecular weight excluding hydrogens is 502 g/mol. The Hall–Kier alpha value is -4.01. The summed E-state index contributed by atoms with van der Waals surface area (Å²) in [4.78, 5) is 41.9. The molecule has 0 aliphatic heterocycles. The fourth-order valence-corrected chi connectivity index (χ4v) is 4.43. The highest BCUT2D eigenvalue weighted by molar-refractivity contribution is 5.94. The van der Waals surface area contributed by atoms with Gasteiger partial charge in [-0.1, -0.05) is 66.7 Å². The van der Waals surface area contributed by atoms with Gasteiger partial charge >= 0.3 is 0 Å². The lowest BCUT2D eigenvalue weighted by Gasteiger charge is -2.31. The van der Waals surface area contributed by atoms with Gasteiger partial charge in [-0.3, -0.25) is 14.4 Å². The topological polar surface area (TPSA) is 122 Å². The van der Waals surface area contributed by atoms with Crippen molar-refractivity contribution < 1.29 is 14.4 Å². The Bertz CT molecular complexity index is 1360. The number of nitrogens with zero attached hydrogens (tertiary/aromatic N) is 2. The van der Waals surface area contributed by atoms with E-state index in [1.165, 1.54) is 11.0 Å². The number of amides is 3. The van der Waals surface area contributed by atoms with Gasteiger partial charge in [0.2, 0.25) is 17.7 Å². The van der Waals surface area contributed by atoms with Crippen LogP contribution < -0.4 is 16.8 Å². The van der Waals surface area contributed by atoms with E-state index in [1.54, 1.807) is 25.1 Å². The molecule has 3 aromatic carbocycles. The SMILES string of the molecule is CN(CCc1ccccc1NC(=O)CN)C(=O)C(Cc1ccc2ccccc2c1)N(C)C(=O)C=CCC(C)(C)N. The van der Waals surface area contributed by atoms with E-state index in [-0.39, 0.29) is 24.3 Å². The molecule has 3 amide bonds. The second-order valence-corrected chi connectivity index (χ2v) is 10.9. The first-order valence-electron chi connectivity index (χ1n) is 13.5. The van der Waals surface area contributed by atoms with Gasteiger partial charge in [-0.25, -0.2) is 0 Å². The number of carbonyl (C=O) groups is 3. The summed E-state index contributed by atoms with van der Waals surface area (Å²) in [6, 6.07) is 20.9. The van der Waals surface area contributed by atoms with Crippen molar-refractivity contribution in [2.24, 2.45) is 11.5 Å². The van der Waals surface area contributed by atoms with Crippen molar-refractivity contribution in [3.8, 4) is 0 Å². The summed E-state index contributed by atoms with van der Waals surface area (Å²) in [7, 11) is 3.40. The van der Waals surface area contributed by atoms with E-state index >= 15 is 0 Å². The monoisotopic (exact) mass is 543 g/mol. The molecule has 0 aliphatic carbocycles. The summed E-state index contributed by atoms with van der Waals surface area (Å²) < 4.78 is 0. The van der Waals surface area contributed by atoms with Crippen molar-refractivity contribution in [1.82, 2.24) is 9.80 Å². The molecule has 0 saturated heterocycles. The van der Waals surface area contributed by atoms with Gasteiger partial charge in [0, 0.05) is 38.3 Å². The molecule has 0 aromatic heterocycles. The third-order valence-electron chi connectivity index (χ3n) is 6.82. The number of hydrogen-bond donors (Lipinski definition) is 3. The van der Waals surface area contributed by atoms with E-state index in [0.717, 1.165) is 21.9 Å². The minimum absolute atomic E-state index is 0.110. The number of benzene rings is 3. The first kappa shape index (κ1) is 30.5. The predicted molar refractivity (Wildman–Crippen MR) is 162 cm³/mol. The number of nitrogens with one attached hydrogen (secondary N) is 1. The summed E-state index contributed by atoms with van der Waals surface area (Å²) in [6.07, 6.45) is 4.68. The van der Waals surface area contributed by atoms with Crippen LogP contribution in [0, 0.1) is 0 Å². The Morgan fingerprint density at radius 2 is 1.65 bits per heavy atom. The van der Waals surface area contributed by atoms with Crippen molar-refractivity contribution in [2.75, 3.05) is 32.5 Å². The minimum Gasteiger partial charge on any atom is -0.344 e. The van der Waals surface area contributed by atoms with Crippen LogP contribution in [-0.4, -0.2) is 66.3 Å². The van der Waals surface area contributed by atoms with Gasteiger partial charge in [0.25, 0.3) is 0 Å². The van der Waals surface area contributed by atoms with Gasteiger partial charge in [-0.2, -0.15) is 0 Å². The molecule has 0 aliphatic rings. The van der Waals surface area contributed by atoms with Crippen LogP contribution in [0.3, 0.4) is 0 Å². The van der Waals surface area contributed by atoms with E-state index < -0.39 is 11.6 Å². The molecule has 0 fully saturated rings. The van der Waals surface area contributed by atoms with Gasteiger partial charge in [-0.05, 0) is 60.7 Å². The van der Waals surface area contributed by atoms with Crippen molar-refractivity contribution in [3.05, 3.63) is 90.0 Å². The number of carbonyl (C=O) groups excluding carboxylic acids is 3. The molecule has 8 nitrogen and oxygen atoms in total. The maximum absolute atomic E-state index is 13.8. The lowest BCUT2D eigenvalue weighted by atomic mass is 9.99. The fraction of sp³-hybridized carbons (Fsp3) is 0.344. The number of rotatable bonds is 12. The van der Waals surface area contributed by atoms with Gasteiger partial charge in [0.15, 0.2) is 0 Å². The Morgan fingerprint density at radius 3 is 2.35 bits per heavy atom. The molecular formula is C32H41N5O3. The Balaban J connectivity index is 1.81. The second kappa shape index (κ2) is 13.9. The maximum Gasteiger partial charge on any atom is 0.246 e. The number of likely N-dealkylation sites (N-methyl/N-ethyl adjacent to an activating group) is 2. The van der Waals surface area contributed by atoms with E-state index in [2.05, 4.69) is 11.4 Å². The predicted octanol–water partition coefficient (Wildman–Crippen LogP) is 3.49. The number of anilines is 1. The summed E-state index contributed by atoms with van der Waals surface area (Å²) in [5.74, 6) is -0.704. The lowest BCUT2D eigenvalue weighted by Crippen LogP contribution is -2.49. The Labute approximate surface area is 237 Å². The zero-order chi connectivity index (χ0) is 29.3. The highest BCUT2D eigenvalue weighted by atomic mass is 16.2. The van der Waals surface area contributed by atoms with E-state index in [4.69, 9.17) is 11.5 Å². The van der Waals surface area contributed by atoms with Crippen molar-refractivity contribution >= 4 is 34.2 Å². The molecule has 0 saturated carbocycles. The molecule has 0 bridgehead atoms. The van der Waals surface area contributed by atoms with E-state index in [1.807, 2.05) is 74.5 Å². The first-order valence-corrected chi connectivity index (χ1v) is 13.5. The van der Waals surface area contributed by atoms with E-state index in [0.29, 0.717) is 31.5 Å². The molecule has 212 valence electrons. The molecule has 0 heterocycles. The summed E-state index contributed by atoms with van der Waals surface area (Å²) in [6.45, 7) is 4.08. The smallest absolute Gasteiger partial charge is 0.246 e. The van der Waals surface area contributed by atoms with Crippen LogP contribution in [0.5, 0.6) is 0 Å².